The van der Waals surface area contributed by atoms with E-state index in [1.807, 2.05) is 0 Å². The van der Waals surface area contributed by atoms with Crippen molar-refractivity contribution < 1.29 is 53.9 Å². The van der Waals surface area contributed by atoms with E-state index < -0.39 is 21.0 Å². The average molecular weight is 282 g/mol. The van der Waals surface area contributed by atoms with Gasteiger partial charge >= 0.3 is 35.5 Å². The Morgan fingerprint density at radius 3 is 2.41 bits per heavy atom. The van der Waals surface area contributed by atoms with Crippen LogP contribution in [0.4, 0.5) is 0 Å². The molecule has 8 heteroatoms. The van der Waals surface area contributed by atoms with Gasteiger partial charge in [0.1, 0.15) is 9.77 Å². The Labute approximate surface area is 125 Å². The van der Waals surface area contributed by atoms with Gasteiger partial charge in [-0.05, 0) is 6.07 Å². The Morgan fingerprint density at radius 2 is 1.88 bits per heavy atom. The predicted molar refractivity (Wildman–Crippen MR) is 59.7 cm³/mol. The van der Waals surface area contributed by atoms with Gasteiger partial charge in [-0.15, -0.1) is 11.3 Å². The summed E-state index contributed by atoms with van der Waals surface area (Å²) in [4.78, 5) is 9.97. The molecule has 0 aliphatic rings. The van der Waals surface area contributed by atoms with Crippen LogP contribution < -0.4 is 29.6 Å². The van der Waals surface area contributed by atoms with E-state index in [-0.39, 0.29) is 41.2 Å². The third-order valence-electron chi connectivity index (χ3n) is 2.00. The number of rotatable bonds is 2. The van der Waals surface area contributed by atoms with Crippen LogP contribution in [0, 0.1) is 0 Å². The minimum absolute atomic E-state index is 0. The predicted octanol–water partition coefficient (Wildman–Crippen LogP) is -1.04. The van der Waals surface area contributed by atoms with Gasteiger partial charge in [-0.2, -0.15) is 8.42 Å². The minimum atomic E-state index is -4.53. The molecule has 2 rings (SSSR count). The molecule has 17 heavy (non-hydrogen) atoms. The second-order valence-corrected chi connectivity index (χ2v) is 5.45. The summed E-state index contributed by atoms with van der Waals surface area (Å²) in [6.45, 7) is 0. The maximum atomic E-state index is 11.1. The van der Waals surface area contributed by atoms with Crippen LogP contribution >= 0.6 is 11.3 Å². The van der Waals surface area contributed by atoms with E-state index in [0.717, 1.165) is 11.3 Å². The first-order valence-electron chi connectivity index (χ1n) is 4.13. The van der Waals surface area contributed by atoms with Crippen LogP contribution in [-0.4, -0.2) is 24.0 Å². The Bertz CT molecular complexity index is 679. The van der Waals surface area contributed by atoms with Gasteiger partial charge in [0.25, 0.3) is 10.1 Å². The third-order valence-corrected chi connectivity index (χ3v) is 4.23. The van der Waals surface area contributed by atoms with E-state index >= 15 is 0 Å². The van der Waals surface area contributed by atoms with Gasteiger partial charge < -0.3 is 6.53 Å². The summed E-state index contributed by atoms with van der Waals surface area (Å²) < 4.78 is 31.8. The molecule has 0 aliphatic carbocycles. The molecule has 0 amide bonds. The molecule has 2 N–H and O–H groups in total. The molecule has 0 saturated carbocycles. The molecule has 86 valence electrons. The van der Waals surface area contributed by atoms with Crippen molar-refractivity contribution in [1.29, 1.82) is 0 Å². The fraction of sp³-hybridized carbons (Fsp3) is 0. The number of thiophene rings is 1. The fourth-order valence-corrected chi connectivity index (χ4v) is 3.64. The van der Waals surface area contributed by atoms with Crippen molar-refractivity contribution in [3.63, 3.8) is 0 Å². The topological polar surface area (TPSA) is 91.7 Å². The van der Waals surface area contributed by atoms with Gasteiger partial charge in [0.2, 0.25) is 0 Å². The number of hydrogen-bond donors (Lipinski definition) is 2. The number of benzene rings is 1. The molecular weight excluding hydrogens is 275 g/mol. The molecule has 0 bridgehead atoms. The van der Waals surface area contributed by atoms with Gasteiger partial charge in [-0.3, -0.25) is 4.55 Å². The monoisotopic (exact) mass is 282 g/mol. The molecule has 0 spiro atoms. The second kappa shape index (κ2) is 5.05. The number of carbonyl (C=O) groups is 1. The van der Waals surface area contributed by atoms with Crippen LogP contribution in [-0.2, 0) is 10.1 Å². The zero-order chi connectivity index (χ0) is 11.9. The van der Waals surface area contributed by atoms with Crippen molar-refractivity contribution in [2.75, 3.05) is 0 Å². The van der Waals surface area contributed by atoms with Crippen molar-refractivity contribution in [2.45, 2.75) is 4.90 Å². The molecule has 0 radical (unpaired) electrons. The molecule has 0 atom stereocenters. The molecule has 1 aromatic carbocycles. The van der Waals surface area contributed by atoms with Gasteiger partial charge in [-0.1, -0.05) is 18.2 Å². The van der Waals surface area contributed by atoms with Crippen molar-refractivity contribution in [3.8, 4) is 0 Å². The van der Waals surface area contributed by atoms with Crippen LogP contribution in [0.15, 0.2) is 29.2 Å². The SMILES string of the molecule is O=C(O)c1sc2ccccc2c1S(=O)(=O)O.[H-].[Na+]. The van der Waals surface area contributed by atoms with Gasteiger partial charge in [0.15, 0.2) is 0 Å². The van der Waals surface area contributed by atoms with Crippen molar-refractivity contribution in [1.82, 2.24) is 0 Å². The quantitative estimate of drug-likeness (QED) is 0.542. The van der Waals surface area contributed by atoms with E-state index in [1.165, 1.54) is 6.07 Å². The Balaban J connectivity index is 0.00000144. The second-order valence-electron chi connectivity index (χ2n) is 3.04. The summed E-state index contributed by atoms with van der Waals surface area (Å²) in [5, 5.41) is 9.09. The zero-order valence-electron chi connectivity index (χ0n) is 9.75. The van der Waals surface area contributed by atoms with E-state index in [9.17, 15) is 13.2 Å². The first kappa shape index (κ1) is 14.6. The van der Waals surface area contributed by atoms with E-state index in [0.29, 0.717) is 4.70 Å². The number of hydrogen-bond acceptors (Lipinski definition) is 4. The normalized spacial score (nSPS) is 11.1. The molecule has 1 heterocycles. The van der Waals surface area contributed by atoms with Crippen LogP contribution in [0.1, 0.15) is 11.1 Å². The van der Waals surface area contributed by atoms with E-state index in [2.05, 4.69) is 0 Å². The maximum absolute atomic E-state index is 11.1. The standard InChI is InChI=1S/C9H6O5S2.Na.H/c10-9(11)7-8(16(12,13)14)5-3-1-2-4-6(5)15-7;;/h1-4H,(H,10,11)(H,12,13,14);;/q;+1;-1. The fourth-order valence-electron chi connectivity index (χ4n) is 1.42. The molecule has 0 aliphatic heterocycles. The summed E-state index contributed by atoms with van der Waals surface area (Å²) in [5.74, 6) is -1.37. The van der Waals surface area contributed by atoms with Crippen molar-refractivity contribution in [3.05, 3.63) is 29.1 Å². The van der Waals surface area contributed by atoms with Gasteiger partial charge in [0, 0.05) is 10.1 Å². The summed E-state index contributed by atoms with van der Waals surface area (Å²) in [6, 6.07) is 6.30. The number of fused-ring (bicyclic) bond motifs is 1. The maximum Gasteiger partial charge on any atom is 1.00 e. The summed E-state index contributed by atoms with van der Waals surface area (Å²) in [7, 11) is -4.53. The summed E-state index contributed by atoms with van der Waals surface area (Å²) in [5.41, 5.74) is 0. The molecular formula is C9H7NaO5S2. The van der Waals surface area contributed by atoms with Crippen LogP contribution in [0.5, 0.6) is 0 Å². The van der Waals surface area contributed by atoms with Gasteiger partial charge in [-0.25, -0.2) is 4.79 Å². The minimum Gasteiger partial charge on any atom is -1.00 e. The average Bonchev–Trinajstić information content (AvgIpc) is 2.55. The van der Waals surface area contributed by atoms with Crippen molar-refractivity contribution in [2.24, 2.45) is 0 Å². The molecule has 2 aromatic rings. The van der Waals surface area contributed by atoms with Gasteiger partial charge in [0.05, 0.1) is 0 Å². The summed E-state index contributed by atoms with van der Waals surface area (Å²) >= 11 is 0.820. The molecule has 5 nitrogen and oxygen atoms in total. The van der Waals surface area contributed by atoms with E-state index in [4.69, 9.17) is 9.66 Å². The smallest absolute Gasteiger partial charge is 1.00 e. The third kappa shape index (κ3) is 2.70. The first-order chi connectivity index (χ1) is 7.41. The van der Waals surface area contributed by atoms with E-state index in [1.54, 1.807) is 18.2 Å². The number of aromatic carboxylic acids is 1. The molecule has 0 fully saturated rings. The summed E-state index contributed by atoms with van der Waals surface area (Å²) in [6.07, 6.45) is 0. The molecule has 1 aromatic heterocycles. The van der Waals surface area contributed by atoms with Crippen LogP contribution in [0.3, 0.4) is 0 Å². The van der Waals surface area contributed by atoms with Crippen LogP contribution in [0.2, 0.25) is 0 Å². The Kier molecular flexibility index (Phi) is 4.34. The Hall–Kier alpha value is -0.440. The number of carboxylic acids is 1. The largest absolute Gasteiger partial charge is 1.00 e. The first-order valence-corrected chi connectivity index (χ1v) is 6.39. The molecule has 0 saturated heterocycles. The Morgan fingerprint density at radius 1 is 1.29 bits per heavy atom. The van der Waals surface area contributed by atoms with Crippen LogP contribution in [0.25, 0.3) is 10.1 Å². The number of carboxylic acid groups (broad SMARTS) is 1. The van der Waals surface area contributed by atoms with Crippen molar-refractivity contribution >= 4 is 37.5 Å². The molecule has 0 unspecified atom stereocenters. The zero-order valence-corrected chi connectivity index (χ0v) is 12.4.